The molecule has 1 atom stereocenters. The molecule has 0 bridgehead atoms. The number of anilines is 2. The zero-order valence-electron chi connectivity index (χ0n) is 20.4. The Morgan fingerprint density at radius 1 is 0.857 bits per heavy atom. The minimum absolute atomic E-state index is 0.0197. The number of rotatable bonds is 9. The highest BCUT2D eigenvalue weighted by molar-refractivity contribution is 6.05. The fourth-order valence-electron chi connectivity index (χ4n) is 2.94. The summed E-state index contributed by atoms with van der Waals surface area (Å²) < 4.78 is 20.1. The van der Waals surface area contributed by atoms with Gasteiger partial charge in [0.2, 0.25) is 5.91 Å². The predicted octanol–water partition coefficient (Wildman–Crippen LogP) is 3.56. The molecule has 0 aliphatic heterocycles. The first-order valence-corrected chi connectivity index (χ1v) is 10.8. The molecule has 1 unspecified atom stereocenters. The number of hydrogen-bond acceptors (Lipinski definition) is 8. The number of carbonyl (C=O) groups excluding carboxylic acids is 4. The average molecular weight is 487 g/mol. The molecule has 10 heteroatoms. The summed E-state index contributed by atoms with van der Waals surface area (Å²) in [7, 11) is 2.44. The number of ether oxygens (including phenoxy) is 4. The number of para-hydroxylation sites is 1. The van der Waals surface area contributed by atoms with E-state index < -0.39 is 35.5 Å². The van der Waals surface area contributed by atoms with Crippen molar-refractivity contribution in [3.8, 4) is 5.75 Å². The molecular weight excluding hydrogens is 456 g/mol. The van der Waals surface area contributed by atoms with Crippen LogP contribution in [-0.4, -0.2) is 50.4 Å². The summed E-state index contributed by atoms with van der Waals surface area (Å²) in [6.45, 7) is 4.96. The van der Waals surface area contributed by atoms with E-state index in [-0.39, 0.29) is 13.0 Å². The van der Waals surface area contributed by atoms with Crippen molar-refractivity contribution < 1.29 is 38.1 Å². The van der Waals surface area contributed by atoms with Gasteiger partial charge in [0, 0.05) is 11.4 Å². The van der Waals surface area contributed by atoms with Crippen molar-refractivity contribution in [3.05, 3.63) is 54.1 Å². The third-order valence-electron chi connectivity index (χ3n) is 4.57. The molecule has 0 spiro atoms. The molecule has 0 aliphatic rings. The van der Waals surface area contributed by atoms with E-state index >= 15 is 0 Å². The molecule has 188 valence electrons. The van der Waals surface area contributed by atoms with Gasteiger partial charge in [-0.3, -0.25) is 14.9 Å². The van der Waals surface area contributed by atoms with Crippen LogP contribution in [-0.2, 0) is 35.0 Å². The van der Waals surface area contributed by atoms with Crippen LogP contribution in [0, 0.1) is 5.92 Å². The maximum atomic E-state index is 12.9. The van der Waals surface area contributed by atoms with Crippen LogP contribution in [0.3, 0.4) is 0 Å². The highest BCUT2D eigenvalue weighted by Gasteiger charge is 2.29. The summed E-state index contributed by atoms with van der Waals surface area (Å²) in [6, 6.07) is 13.1. The van der Waals surface area contributed by atoms with E-state index in [0.717, 1.165) is 0 Å². The number of nitrogens with one attached hydrogen (secondary N) is 2. The SMILES string of the molecule is COC(=O)COc1ccccc1CC(C(=O)Nc1ccc(NC(=O)OC(C)(C)C)cc1)C(=O)OC. The van der Waals surface area contributed by atoms with Gasteiger partial charge < -0.3 is 24.3 Å². The number of benzene rings is 2. The lowest BCUT2D eigenvalue weighted by molar-refractivity contribution is -0.149. The summed E-state index contributed by atoms with van der Waals surface area (Å²) >= 11 is 0. The monoisotopic (exact) mass is 486 g/mol. The molecule has 0 aliphatic carbocycles. The third kappa shape index (κ3) is 9.00. The molecule has 35 heavy (non-hydrogen) atoms. The number of hydrogen-bond donors (Lipinski definition) is 2. The van der Waals surface area contributed by atoms with Gasteiger partial charge in [-0.25, -0.2) is 9.59 Å². The van der Waals surface area contributed by atoms with Crippen LogP contribution in [0.15, 0.2) is 48.5 Å². The van der Waals surface area contributed by atoms with Crippen LogP contribution in [0.1, 0.15) is 26.3 Å². The summed E-state index contributed by atoms with van der Waals surface area (Å²) in [5.74, 6) is -2.72. The number of methoxy groups -OCH3 is 2. The van der Waals surface area contributed by atoms with Crippen molar-refractivity contribution in [3.63, 3.8) is 0 Å². The lowest BCUT2D eigenvalue weighted by Crippen LogP contribution is -2.32. The van der Waals surface area contributed by atoms with Gasteiger partial charge in [0.15, 0.2) is 6.61 Å². The van der Waals surface area contributed by atoms with Gasteiger partial charge >= 0.3 is 18.0 Å². The predicted molar refractivity (Wildman–Crippen MR) is 128 cm³/mol. The van der Waals surface area contributed by atoms with E-state index in [1.165, 1.54) is 14.2 Å². The normalized spacial score (nSPS) is 11.6. The molecule has 0 heterocycles. The molecule has 2 rings (SSSR count). The summed E-state index contributed by atoms with van der Waals surface area (Å²) in [6.07, 6.45) is -0.623. The maximum Gasteiger partial charge on any atom is 0.412 e. The summed E-state index contributed by atoms with van der Waals surface area (Å²) in [4.78, 5) is 48.7. The fourth-order valence-corrected chi connectivity index (χ4v) is 2.94. The Morgan fingerprint density at radius 3 is 2.03 bits per heavy atom. The first-order chi connectivity index (χ1) is 16.5. The van der Waals surface area contributed by atoms with E-state index in [4.69, 9.17) is 14.2 Å². The van der Waals surface area contributed by atoms with Gasteiger partial charge in [0.25, 0.3) is 0 Å². The van der Waals surface area contributed by atoms with Crippen LogP contribution in [0.25, 0.3) is 0 Å². The average Bonchev–Trinajstić information content (AvgIpc) is 2.81. The quantitative estimate of drug-likeness (QED) is 0.313. The van der Waals surface area contributed by atoms with E-state index in [2.05, 4.69) is 15.4 Å². The second-order valence-corrected chi connectivity index (χ2v) is 8.45. The minimum atomic E-state index is -1.18. The van der Waals surface area contributed by atoms with Crippen molar-refractivity contribution in [2.75, 3.05) is 31.5 Å². The van der Waals surface area contributed by atoms with E-state index in [9.17, 15) is 19.2 Å². The van der Waals surface area contributed by atoms with Gasteiger partial charge in [-0.1, -0.05) is 18.2 Å². The minimum Gasteiger partial charge on any atom is -0.482 e. The summed E-state index contributed by atoms with van der Waals surface area (Å²) in [5.41, 5.74) is 0.787. The van der Waals surface area contributed by atoms with Crippen molar-refractivity contribution in [2.45, 2.75) is 32.8 Å². The van der Waals surface area contributed by atoms with Crippen LogP contribution < -0.4 is 15.4 Å². The lowest BCUT2D eigenvalue weighted by atomic mass is 9.97. The molecule has 0 aromatic heterocycles. The van der Waals surface area contributed by atoms with Gasteiger partial charge in [0.1, 0.15) is 17.3 Å². The van der Waals surface area contributed by atoms with E-state index in [1.54, 1.807) is 69.3 Å². The Balaban J connectivity index is 2.10. The zero-order valence-corrected chi connectivity index (χ0v) is 20.4. The first kappa shape index (κ1) is 27.2. The molecule has 2 amide bonds. The Labute approximate surface area is 203 Å². The molecule has 0 saturated carbocycles. The topological polar surface area (TPSA) is 129 Å². The third-order valence-corrected chi connectivity index (χ3v) is 4.57. The molecule has 0 radical (unpaired) electrons. The van der Waals surface area contributed by atoms with Crippen molar-refractivity contribution in [1.29, 1.82) is 0 Å². The molecule has 0 fully saturated rings. The Morgan fingerprint density at radius 2 is 1.46 bits per heavy atom. The second-order valence-electron chi connectivity index (χ2n) is 8.45. The molecular formula is C25H30N2O8. The fraction of sp³-hybridized carbons (Fsp3) is 0.360. The standard InChI is InChI=1S/C25H30N2O8/c1-25(2,3)35-24(31)27-18-12-10-17(11-13-18)26-22(29)19(23(30)33-5)14-16-8-6-7-9-20(16)34-15-21(28)32-4/h6-13,19H,14-15H2,1-5H3,(H,26,29)(H,27,31). The molecule has 2 aromatic carbocycles. The number of esters is 2. The van der Waals surface area contributed by atoms with Crippen LogP contribution in [0.2, 0.25) is 0 Å². The van der Waals surface area contributed by atoms with Gasteiger partial charge in [-0.15, -0.1) is 0 Å². The highest BCUT2D eigenvalue weighted by Crippen LogP contribution is 2.24. The van der Waals surface area contributed by atoms with Crippen molar-refractivity contribution in [2.24, 2.45) is 5.92 Å². The summed E-state index contributed by atoms with van der Waals surface area (Å²) in [5, 5.41) is 5.27. The maximum absolute atomic E-state index is 12.9. The Kier molecular flexibility index (Phi) is 9.63. The molecule has 0 saturated heterocycles. The van der Waals surface area contributed by atoms with Crippen LogP contribution in [0.4, 0.5) is 16.2 Å². The van der Waals surface area contributed by atoms with Crippen LogP contribution >= 0.6 is 0 Å². The van der Waals surface area contributed by atoms with E-state index in [1.807, 2.05) is 0 Å². The molecule has 2 aromatic rings. The van der Waals surface area contributed by atoms with E-state index in [0.29, 0.717) is 22.7 Å². The van der Waals surface area contributed by atoms with Gasteiger partial charge in [0.05, 0.1) is 14.2 Å². The second kappa shape index (κ2) is 12.4. The zero-order chi connectivity index (χ0) is 26.0. The number of carbonyl (C=O) groups is 4. The highest BCUT2D eigenvalue weighted by atomic mass is 16.6. The van der Waals surface area contributed by atoms with Gasteiger partial charge in [-0.05, 0) is 63.1 Å². The van der Waals surface area contributed by atoms with Crippen molar-refractivity contribution >= 4 is 35.3 Å². The number of amides is 2. The Hall–Kier alpha value is -4.08. The molecule has 10 nitrogen and oxygen atoms in total. The first-order valence-electron chi connectivity index (χ1n) is 10.8. The van der Waals surface area contributed by atoms with Crippen molar-refractivity contribution in [1.82, 2.24) is 0 Å². The smallest absolute Gasteiger partial charge is 0.412 e. The van der Waals surface area contributed by atoms with Gasteiger partial charge in [-0.2, -0.15) is 0 Å². The van der Waals surface area contributed by atoms with Crippen LogP contribution in [0.5, 0.6) is 5.75 Å². The Bertz CT molecular complexity index is 1040. The molecule has 2 N–H and O–H groups in total. The largest absolute Gasteiger partial charge is 0.482 e. The lowest BCUT2D eigenvalue weighted by Gasteiger charge is -2.20.